The maximum absolute atomic E-state index is 11.9. The molecule has 1 aliphatic rings. The summed E-state index contributed by atoms with van der Waals surface area (Å²) < 4.78 is 1.89. The van der Waals surface area contributed by atoms with Crippen LogP contribution in [0.4, 0.5) is 4.79 Å². The monoisotopic (exact) mass is 253 g/mol. The molecular weight excluding hydrogens is 238 g/mol. The minimum atomic E-state index is -0.929. The molecule has 2 heterocycles. The SMILES string of the molecule is CC(CC(=O)O)NC(=O)N1CCn2cnnc2C1. The third-order valence-electron chi connectivity index (χ3n) is 2.78. The molecule has 0 spiro atoms. The number of hydrogen-bond donors (Lipinski definition) is 2. The largest absolute Gasteiger partial charge is 0.481 e. The number of carbonyl (C=O) groups excluding carboxylic acids is 1. The van der Waals surface area contributed by atoms with Gasteiger partial charge in [0.1, 0.15) is 6.33 Å². The van der Waals surface area contributed by atoms with E-state index in [0.717, 1.165) is 5.82 Å². The Morgan fingerprint density at radius 1 is 1.56 bits per heavy atom. The predicted molar refractivity (Wildman–Crippen MR) is 60.7 cm³/mol. The lowest BCUT2D eigenvalue weighted by Crippen LogP contribution is -2.47. The predicted octanol–water partition coefficient (Wildman–Crippen LogP) is -0.333. The summed E-state index contributed by atoms with van der Waals surface area (Å²) in [6, 6.07) is -0.659. The Labute approximate surface area is 104 Å². The lowest BCUT2D eigenvalue weighted by molar-refractivity contribution is -0.137. The fourth-order valence-electron chi connectivity index (χ4n) is 1.85. The minimum Gasteiger partial charge on any atom is -0.481 e. The van der Waals surface area contributed by atoms with Crippen LogP contribution in [0.1, 0.15) is 19.2 Å². The van der Waals surface area contributed by atoms with Crippen LogP contribution in [0.2, 0.25) is 0 Å². The lowest BCUT2D eigenvalue weighted by atomic mass is 10.2. The van der Waals surface area contributed by atoms with Crippen molar-refractivity contribution in [3.05, 3.63) is 12.2 Å². The zero-order valence-corrected chi connectivity index (χ0v) is 10.0. The number of aliphatic carboxylic acids is 1. The van der Waals surface area contributed by atoms with E-state index in [2.05, 4.69) is 15.5 Å². The van der Waals surface area contributed by atoms with E-state index in [1.165, 1.54) is 0 Å². The fourth-order valence-corrected chi connectivity index (χ4v) is 1.85. The molecule has 2 N–H and O–H groups in total. The number of hydrogen-bond acceptors (Lipinski definition) is 4. The fraction of sp³-hybridized carbons (Fsp3) is 0.600. The average molecular weight is 253 g/mol. The third kappa shape index (κ3) is 2.76. The summed E-state index contributed by atoms with van der Waals surface area (Å²) in [4.78, 5) is 24.0. The molecule has 1 aliphatic heterocycles. The van der Waals surface area contributed by atoms with Gasteiger partial charge >= 0.3 is 12.0 Å². The molecule has 0 saturated carbocycles. The summed E-state index contributed by atoms with van der Waals surface area (Å²) in [5, 5.41) is 19.0. The Morgan fingerprint density at radius 3 is 3.06 bits per heavy atom. The van der Waals surface area contributed by atoms with Gasteiger partial charge < -0.3 is 19.9 Å². The molecule has 18 heavy (non-hydrogen) atoms. The molecule has 1 unspecified atom stereocenters. The van der Waals surface area contributed by atoms with Gasteiger partial charge in [0.2, 0.25) is 0 Å². The first-order valence-electron chi connectivity index (χ1n) is 5.70. The second-order valence-electron chi connectivity index (χ2n) is 4.31. The van der Waals surface area contributed by atoms with Gasteiger partial charge in [-0.05, 0) is 6.92 Å². The summed E-state index contributed by atoms with van der Waals surface area (Å²) >= 11 is 0. The number of urea groups is 1. The summed E-state index contributed by atoms with van der Waals surface area (Å²) in [6.07, 6.45) is 1.55. The van der Waals surface area contributed by atoms with E-state index in [9.17, 15) is 9.59 Å². The van der Waals surface area contributed by atoms with Crippen LogP contribution in [0, 0.1) is 0 Å². The van der Waals surface area contributed by atoms with Gasteiger partial charge in [0.05, 0.1) is 13.0 Å². The van der Waals surface area contributed by atoms with Gasteiger partial charge in [0.25, 0.3) is 0 Å². The highest BCUT2D eigenvalue weighted by Gasteiger charge is 2.23. The molecule has 0 aromatic carbocycles. The highest BCUT2D eigenvalue weighted by Crippen LogP contribution is 2.09. The summed E-state index contributed by atoms with van der Waals surface area (Å²) in [5.41, 5.74) is 0. The highest BCUT2D eigenvalue weighted by molar-refractivity contribution is 5.75. The summed E-state index contributed by atoms with van der Waals surface area (Å²) in [7, 11) is 0. The van der Waals surface area contributed by atoms with Gasteiger partial charge in [-0.2, -0.15) is 0 Å². The number of carbonyl (C=O) groups is 2. The van der Waals surface area contributed by atoms with Crippen molar-refractivity contribution in [1.29, 1.82) is 0 Å². The van der Waals surface area contributed by atoms with Crippen molar-refractivity contribution in [2.24, 2.45) is 0 Å². The Balaban J connectivity index is 1.89. The van der Waals surface area contributed by atoms with Crippen molar-refractivity contribution in [3.63, 3.8) is 0 Å². The van der Waals surface area contributed by atoms with Gasteiger partial charge in [-0.1, -0.05) is 0 Å². The minimum absolute atomic E-state index is 0.0875. The van der Waals surface area contributed by atoms with Crippen LogP contribution < -0.4 is 5.32 Å². The van der Waals surface area contributed by atoms with Crippen LogP contribution in [0.3, 0.4) is 0 Å². The van der Waals surface area contributed by atoms with Crippen LogP contribution in [-0.2, 0) is 17.9 Å². The van der Waals surface area contributed by atoms with Crippen LogP contribution in [0.15, 0.2) is 6.33 Å². The molecule has 0 fully saturated rings. The second-order valence-corrected chi connectivity index (χ2v) is 4.31. The maximum Gasteiger partial charge on any atom is 0.318 e. The van der Waals surface area contributed by atoms with Crippen molar-refractivity contribution in [1.82, 2.24) is 25.0 Å². The molecule has 1 aromatic rings. The van der Waals surface area contributed by atoms with E-state index in [4.69, 9.17) is 5.11 Å². The number of amides is 2. The first-order chi connectivity index (χ1) is 8.56. The van der Waals surface area contributed by atoms with Crippen molar-refractivity contribution in [3.8, 4) is 0 Å². The van der Waals surface area contributed by atoms with Crippen molar-refractivity contribution >= 4 is 12.0 Å². The number of rotatable bonds is 3. The van der Waals surface area contributed by atoms with E-state index in [1.807, 2.05) is 4.57 Å². The van der Waals surface area contributed by atoms with Crippen molar-refractivity contribution in [2.45, 2.75) is 32.5 Å². The number of carboxylic acids is 1. The van der Waals surface area contributed by atoms with E-state index in [0.29, 0.717) is 19.6 Å². The van der Waals surface area contributed by atoms with Gasteiger partial charge in [0, 0.05) is 19.1 Å². The van der Waals surface area contributed by atoms with E-state index < -0.39 is 12.0 Å². The quantitative estimate of drug-likeness (QED) is 0.768. The normalized spacial score (nSPS) is 15.9. The number of nitrogens with zero attached hydrogens (tertiary/aromatic N) is 4. The smallest absolute Gasteiger partial charge is 0.318 e. The first kappa shape index (κ1) is 12.3. The second kappa shape index (κ2) is 5.03. The average Bonchev–Trinajstić information content (AvgIpc) is 2.74. The topological polar surface area (TPSA) is 100 Å². The molecule has 98 valence electrons. The molecule has 8 heteroatoms. The molecule has 0 radical (unpaired) electrons. The zero-order chi connectivity index (χ0) is 13.1. The van der Waals surface area contributed by atoms with Gasteiger partial charge in [-0.15, -0.1) is 10.2 Å². The molecule has 2 amide bonds. The number of fused-ring (bicyclic) bond motifs is 1. The number of aromatic nitrogens is 3. The van der Waals surface area contributed by atoms with E-state index in [1.54, 1.807) is 18.2 Å². The highest BCUT2D eigenvalue weighted by atomic mass is 16.4. The Hall–Kier alpha value is -2.12. The molecular formula is C10H15N5O3. The standard InChI is InChI=1S/C10H15N5O3/c1-7(4-9(16)17)12-10(18)14-2-3-15-6-11-13-8(15)5-14/h6-7H,2-5H2,1H3,(H,12,18)(H,16,17). The molecule has 1 aromatic heterocycles. The first-order valence-corrected chi connectivity index (χ1v) is 5.70. The van der Waals surface area contributed by atoms with Gasteiger partial charge in [-0.3, -0.25) is 4.79 Å². The van der Waals surface area contributed by atoms with Crippen LogP contribution in [0.25, 0.3) is 0 Å². The zero-order valence-electron chi connectivity index (χ0n) is 10.0. The molecule has 0 saturated heterocycles. The molecule has 0 bridgehead atoms. The lowest BCUT2D eigenvalue weighted by Gasteiger charge is -2.28. The molecule has 8 nitrogen and oxygen atoms in total. The van der Waals surface area contributed by atoms with Crippen LogP contribution >= 0.6 is 0 Å². The molecule has 2 rings (SSSR count). The van der Waals surface area contributed by atoms with E-state index in [-0.39, 0.29) is 12.5 Å². The summed E-state index contributed by atoms with van der Waals surface area (Å²) in [6.45, 7) is 3.28. The number of carboxylic acid groups (broad SMARTS) is 1. The number of nitrogens with one attached hydrogen (secondary N) is 1. The van der Waals surface area contributed by atoms with Crippen molar-refractivity contribution in [2.75, 3.05) is 6.54 Å². The van der Waals surface area contributed by atoms with Gasteiger partial charge in [0.15, 0.2) is 5.82 Å². The van der Waals surface area contributed by atoms with Crippen LogP contribution in [-0.4, -0.2) is 49.4 Å². The third-order valence-corrected chi connectivity index (χ3v) is 2.78. The Bertz CT molecular complexity index is 458. The Morgan fingerprint density at radius 2 is 2.33 bits per heavy atom. The van der Waals surface area contributed by atoms with Crippen molar-refractivity contribution < 1.29 is 14.7 Å². The Kier molecular flexibility index (Phi) is 3.45. The molecule has 0 aliphatic carbocycles. The molecule has 1 atom stereocenters. The summed E-state index contributed by atoms with van der Waals surface area (Å²) in [5.74, 6) is -0.191. The van der Waals surface area contributed by atoms with Gasteiger partial charge in [-0.25, -0.2) is 4.79 Å². The van der Waals surface area contributed by atoms with E-state index >= 15 is 0 Å². The maximum atomic E-state index is 11.9. The van der Waals surface area contributed by atoms with Crippen LogP contribution in [0.5, 0.6) is 0 Å².